The van der Waals surface area contributed by atoms with Crippen LogP contribution in [-0.2, 0) is 12.0 Å². The first-order valence-electron chi connectivity index (χ1n) is 10.7. The highest BCUT2D eigenvalue weighted by Gasteiger charge is 2.51. The molecule has 4 bridgehead atoms. The fourth-order valence-corrected chi connectivity index (χ4v) is 6.62. The maximum absolute atomic E-state index is 12.5. The van der Waals surface area contributed by atoms with Gasteiger partial charge in [-0.3, -0.25) is 0 Å². The molecule has 0 aromatic carbocycles. The molecular weight excluding hydrogens is 378 g/mol. The van der Waals surface area contributed by atoms with Crippen molar-refractivity contribution < 1.29 is 9.32 Å². The van der Waals surface area contributed by atoms with Gasteiger partial charge in [-0.15, -0.1) is 12.4 Å². The monoisotopic (exact) mass is 409 g/mol. The van der Waals surface area contributed by atoms with Crippen molar-refractivity contribution in [3.05, 3.63) is 11.7 Å². The zero-order valence-electron chi connectivity index (χ0n) is 16.4. The Bertz CT molecular complexity index is 680. The van der Waals surface area contributed by atoms with E-state index in [-0.39, 0.29) is 24.0 Å². The van der Waals surface area contributed by atoms with Gasteiger partial charge in [0.15, 0.2) is 5.82 Å². The summed E-state index contributed by atoms with van der Waals surface area (Å²) in [7, 11) is 0. The first-order chi connectivity index (χ1) is 13.0. The lowest BCUT2D eigenvalue weighted by atomic mass is 9.53. The molecule has 28 heavy (non-hydrogen) atoms. The molecule has 4 N–H and O–H groups in total. The van der Waals surface area contributed by atoms with Crippen molar-refractivity contribution in [1.29, 1.82) is 0 Å². The first-order valence-corrected chi connectivity index (χ1v) is 10.7. The topological polar surface area (TPSA) is 106 Å². The summed E-state index contributed by atoms with van der Waals surface area (Å²) in [6, 6.07) is -0.0530. The standard InChI is InChI=1S/C20H31N5O2.ClH/c21-20(4-1-2-5-20)17-23-16(27-25-17)3-6-22-18(26)24-19-10-13-7-14(11-19)9-15(8-13)12-19;/h13-15H,1-12,21H2,(H2,22,24,26);1H. The van der Waals surface area contributed by atoms with Crippen molar-refractivity contribution in [2.24, 2.45) is 23.5 Å². The molecule has 1 heterocycles. The third kappa shape index (κ3) is 3.75. The highest BCUT2D eigenvalue weighted by molar-refractivity contribution is 5.85. The lowest BCUT2D eigenvalue weighted by Crippen LogP contribution is -2.61. The van der Waals surface area contributed by atoms with Gasteiger partial charge in [0.2, 0.25) is 5.89 Å². The van der Waals surface area contributed by atoms with Gasteiger partial charge in [0, 0.05) is 18.5 Å². The van der Waals surface area contributed by atoms with E-state index in [4.69, 9.17) is 10.3 Å². The van der Waals surface area contributed by atoms with Gasteiger partial charge in [0.25, 0.3) is 0 Å². The van der Waals surface area contributed by atoms with Crippen LogP contribution in [0.25, 0.3) is 0 Å². The van der Waals surface area contributed by atoms with E-state index in [0.717, 1.165) is 43.4 Å². The Morgan fingerprint density at radius 1 is 1.11 bits per heavy atom. The SMILES string of the molecule is Cl.NC1(c2noc(CCNC(=O)NC34CC5CC(CC(C5)C3)C4)n2)CCCC1. The van der Waals surface area contributed by atoms with E-state index in [0.29, 0.717) is 24.7 Å². The fraction of sp³-hybridized carbons (Fsp3) is 0.850. The van der Waals surface area contributed by atoms with Crippen LogP contribution in [0.1, 0.15) is 75.9 Å². The molecule has 1 aromatic heterocycles. The third-order valence-electron chi connectivity index (χ3n) is 7.45. The second-order valence-electron chi connectivity index (χ2n) is 9.70. The Hall–Kier alpha value is -1.34. The van der Waals surface area contributed by atoms with Gasteiger partial charge in [-0.25, -0.2) is 4.79 Å². The van der Waals surface area contributed by atoms with Crippen LogP contribution in [0.3, 0.4) is 0 Å². The van der Waals surface area contributed by atoms with Gasteiger partial charge in [-0.2, -0.15) is 4.98 Å². The Morgan fingerprint density at radius 2 is 1.71 bits per heavy atom. The fourth-order valence-electron chi connectivity index (χ4n) is 6.62. The molecule has 156 valence electrons. The quantitative estimate of drug-likeness (QED) is 0.693. The van der Waals surface area contributed by atoms with Crippen LogP contribution in [0.5, 0.6) is 0 Å². The number of nitrogens with two attached hydrogens (primary N) is 1. The summed E-state index contributed by atoms with van der Waals surface area (Å²) in [6.45, 7) is 0.497. The molecule has 7 nitrogen and oxygen atoms in total. The number of hydrogen-bond donors (Lipinski definition) is 3. The second kappa shape index (κ2) is 7.48. The number of nitrogens with zero attached hydrogens (tertiary/aromatic N) is 2. The van der Waals surface area contributed by atoms with E-state index < -0.39 is 5.54 Å². The summed E-state index contributed by atoms with van der Waals surface area (Å²) >= 11 is 0. The molecule has 0 spiro atoms. The molecule has 0 unspecified atom stereocenters. The average molecular weight is 410 g/mol. The molecule has 5 saturated carbocycles. The first kappa shape index (κ1) is 20.0. The summed E-state index contributed by atoms with van der Waals surface area (Å²) in [5.74, 6) is 3.65. The van der Waals surface area contributed by atoms with Crippen molar-refractivity contribution in [1.82, 2.24) is 20.8 Å². The number of carbonyl (C=O) groups excluding carboxylic acids is 1. The molecule has 0 aliphatic heterocycles. The van der Waals surface area contributed by atoms with Gasteiger partial charge in [0.1, 0.15) is 0 Å². The molecular formula is C20H32ClN5O2. The number of halogens is 1. The van der Waals surface area contributed by atoms with E-state index in [1.54, 1.807) is 0 Å². The Kier molecular flexibility index (Phi) is 5.33. The molecule has 8 heteroatoms. The predicted octanol–water partition coefficient (Wildman–Crippen LogP) is 3.03. The molecule has 0 radical (unpaired) electrons. The minimum atomic E-state index is -0.426. The zero-order valence-corrected chi connectivity index (χ0v) is 17.2. The summed E-state index contributed by atoms with van der Waals surface area (Å²) < 4.78 is 5.35. The lowest BCUT2D eigenvalue weighted by molar-refractivity contribution is -0.0135. The van der Waals surface area contributed by atoms with E-state index in [1.807, 2.05) is 0 Å². The highest BCUT2D eigenvalue weighted by atomic mass is 35.5. The average Bonchev–Trinajstić information content (AvgIpc) is 3.23. The number of nitrogens with one attached hydrogen (secondary N) is 2. The van der Waals surface area contributed by atoms with E-state index >= 15 is 0 Å². The van der Waals surface area contributed by atoms with Crippen LogP contribution in [-0.4, -0.2) is 28.3 Å². The summed E-state index contributed by atoms with van der Waals surface area (Å²) in [5.41, 5.74) is 5.99. The Balaban J connectivity index is 0.00000192. The normalized spacial score (nSPS) is 34.8. The van der Waals surface area contributed by atoms with Crippen molar-refractivity contribution in [2.45, 2.75) is 81.7 Å². The summed E-state index contributed by atoms with van der Waals surface area (Å²) in [5, 5.41) is 10.4. The number of urea groups is 1. The predicted molar refractivity (Wildman–Crippen MR) is 107 cm³/mol. The minimum absolute atomic E-state index is 0. The molecule has 6 rings (SSSR count). The van der Waals surface area contributed by atoms with Crippen LogP contribution < -0.4 is 16.4 Å². The highest BCUT2D eigenvalue weighted by Crippen LogP contribution is 2.55. The maximum atomic E-state index is 12.5. The number of aromatic nitrogens is 2. The van der Waals surface area contributed by atoms with E-state index in [1.165, 1.54) is 38.5 Å². The molecule has 1 aromatic rings. The number of amides is 2. The van der Waals surface area contributed by atoms with Gasteiger partial charge < -0.3 is 20.9 Å². The molecule has 5 aliphatic carbocycles. The van der Waals surface area contributed by atoms with Gasteiger partial charge in [0.05, 0.1) is 5.54 Å². The number of rotatable bonds is 5. The smallest absolute Gasteiger partial charge is 0.315 e. The maximum Gasteiger partial charge on any atom is 0.315 e. The third-order valence-corrected chi connectivity index (χ3v) is 7.45. The van der Waals surface area contributed by atoms with Crippen LogP contribution in [0.4, 0.5) is 4.79 Å². The van der Waals surface area contributed by atoms with Gasteiger partial charge >= 0.3 is 6.03 Å². The molecule has 0 atom stereocenters. The molecule has 5 aliphatic rings. The van der Waals surface area contributed by atoms with Gasteiger partial charge in [-0.05, 0) is 69.1 Å². The summed E-state index contributed by atoms with van der Waals surface area (Å²) in [6.07, 6.45) is 12.2. The lowest BCUT2D eigenvalue weighted by Gasteiger charge is -2.56. The Labute approximate surface area is 172 Å². The summed E-state index contributed by atoms with van der Waals surface area (Å²) in [4.78, 5) is 16.9. The Morgan fingerprint density at radius 3 is 2.32 bits per heavy atom. The van der Waals surface area contributed by atoms with E-state index in [9.17, 15) is 4.79 Å². The molecule has 0 saturated heterocycles. The minimum Gasteiger partial charge on any atom is -0.339 e. The zero-order chi connectivity index (χ0) is 18.5. The van der Waals surface area contributed by atoms with E-state index in [2.05, 4.69) is 20.8 Å². The van der Waals surface area contributed by atoms with Crippen molar-refractivity contribution in [3.8, 4) is 0 Å². The number of hydrogen-bond acceptors (Lipinski definition) is 5. The van der Waals surface area contributed by atoms with Crippen LogP contribution in [0.2, 0.25) is 0 Å². The van der Waals surface area contributed by atoms with Crippen molar-refractivity contribution >= 4 is 18.4 Å². The van der Waals surface area contributed by atoms with Crippen molar-refractivity contribution in [3.63, 3.8) is 0 Å². The molecule has 2 amide bonds. The molecule has 5 fully saturated rings. The number of carbonyl (C=O) groups is 1. The van der Waals surface area contributed by atoms with Crippen LogP contribution in [0.15, 0.2) is 4.52 Å². The van der Waals surface area contributed by atoms with Crippen LogP contribution >= 0.6 is 12.4 Å². The van der Waals surface area contributed by atoms with Gasteiger partial charge in [-0.1, -0.05) is 18.0 Å². The largest absolute Gasteiger partial charge is 0.339 e. The second-order valence-corrected chi connectivity index (χ2v) is 9.70. The van der Waals surface area contributed by atoms with Crippen LogP contribution in [0, 0.1) is 17.8 Å². The van der Waals surface area contributed by atoms with Crippen molar-refractivity contribution in [2.75, 3.05) is 6.54 Å².